The minimum Gasteiger partial charge on any atom is -0.310 e. The Morgan fingerprint density at radius 2 is 2.25 bits per heavy atom. The molecule has 1 radical (unpaired) electrons. The summed E-state index contributed by atoms with van der Waals surface area (Å²) in [5, 5.41) is 3.61. The maximum atomic E-state index is 3.61. The Labute approximate surface area is 99.3 Å². The van der Waals surface area contributed by atoms with Crippen molar-refractivity contribution in [3.05, 3.63) is 35.9 Å². The first-order valence-electron chi connectivity index (χ1n) is 6.53. The smallest absolute Gasteiger partial charge is 0.0208 e. The summed E-state index contributed by atoms with van der Waals surface area (Å²) in [7, 11) is 0. The van der Waals surface area contributed by atoms with Crippen LogP contribution in [0.15, 0.2) is 24.3 Å². The number of hydrogen-bond acceptors (Lipinski definition) is 1. The molecule has 1 N–H and O–H groups in total. The minimum absolute atomic E-state index is 0.642. The van der Waals surface area contributed by atoms with Crippen LogP contribution in [0.3, 0.4) is 0 Å². The third-order valence-corrected chi connectivity index (χ3v) is 3.59. The van der Waals surface area contributed by atoms with Crippen molar-refractivity contribution in [2.45, 2.75) is 51.6 Å². The number of rotatable bonds is 5. The molecule has 16 heavy (non-hydrogen) atoms. The van der Waals surface area contributed by atoms with Gasteiger partial charge in [0, 0.05) is 12.6 Å². The summed E-state index contributed by atoms with van der Waals surface area (Å²) in [5.41, 5.74) is 1.33. The molecule has 0 bridgehead atoms. The highest BCUT2D eigenvalue weighted by molar-refractivity contribution is 5.13. The van der Waals surface area contributed by atoms with Crippen LogP contribution in [-0.4, -0.2) is 6.04 Å². The van der Waals surface area contributed by atoms with Crippen LogP contribution >= 0.6 is 0 Å². The molecule has 2 rings (SSSR count). The Morgan fingerprint density at radius 1 is 1.44 bits per heavy atom. The molecule has 1 aromatic rings. The number of nitrogens with one attached hydrogen (secondary N) is 1. The second-order valence-electron chi connectivity index (χ2n) is 5.08. The topological polar surface area (TPSA) is 12.0 Å². The largest absolute Gasteiger partial charge is 0.310 e. The summed E-state index contributed by atoms with van der Waals surface area (Å²) in [6, 6.07) is 12.0. The van der Waals surface area contributed by atoms with E-state index in [1.807, 2.05) is 6.07 Å². The van der Waals surface area contributed by atoms with Gasteiger partial charge in [0.05, 0.1) is 0 Å². The fourth-order valence-electron chi connectivity index (χ4n) is 2.66. The molecule has 1 saturated carbocycles. The van der Waals surface area contributed by atoms with Crippen LogP contribution in [0.25, 0.3) is 0 Å². The molecule has 0 heterocycles. The Bertz CT molecular complexity index is 288. The second-order valence-corrected chi connectivity index (χ2v) is 5.08. The molecule has 1 fully saturated rings. The molecule has 0 unspecified atom stereocenters. The summed E-state index contributed by atoms with van der Waals surface area (Å²) in [6.07, 6.45) is 7.14. The van der Waals surface area contributed by atoms with Gasteiger partial charge in [0.15, 0.2) is 0 Å². The van der Waals surface area contributed by atoms with E-state index in [0.29, 0.717) is 6.04 Å². The molecule has 1 aromatic carbocycles. The van der Waals surface area contributed by atoms with Gasteiger partial charge in [-0.2, -0.15) is 0 Å². The summed E-state index contributed by atoms with van der Waals surface area (Å²) >= 11 is 0. The van der Waals surface area contributed by atoms with Crippen molar-refractivity contribution in [2.75, 3.05) is 0 Å². The van der Waals surface area contributed by atoms with E-state index in [1.54, 1.807) is 0 Å². The lowest BCUT2D eigenvalue weighted by Crippen LogP contribution is -2.27. The van der Waals surface area contributed by atoms with Crippen LogP contribution in [0.5, 0.6) is 0 Å². The third-order valence-electron chi connectivity index (χ3n) is 3.59. The van der Waals surface area contributed by atoms with Crippen molar-refractivity contribution in [3.63, 3.8) is 0 Å². The van der Waals surface area contributed by atoms with Gasteiger partial charge in [-0.1, -0.05) is 43.9 Å². The first-order valence-corrected chi connectivity index (χ1v) is 6.53. The molecule has 1 nitrogen and oxygen atoms in total. The summed E-state index contributed by atoms with van der Waals surface area (Å²) in [4.78, 5) is 0. The van der Waals surface area contributed by atoms with Gasteiger partial charge in [-0.3, -0.25) is 0 Å². The SMILES string of the molecule is C[C@@H](CC1CCCC1)NCc1c[c]ccc1. The van der Waals surface area contributed by atoms with Crippen LogP contribution in [0, 0.1) is 12.0 Å². The highest BCUT2D eigenvalue weighted by atomic mass is 14.9. The summed E-state index contributed by atoms with van der Waals surface area (Å²) < 4.78 is 0. The van der Waals surface area contributed by atoms with Crippen LogP contribution in [-0.2, 0) is 6.54 Å². The van der Waals surface area contributed by atoms with Crippen molar-refractivity contribution in [2.24, 2.45) is 5.92 Å². The zero-order chi connectivity index (χ0) is 11.2. The van der Waals surface area contributed by atoms with Gasteiger partial charge in [-0.05, 0) is 37.0 Å². The van der Waals surface area contributed by atoms with Gasteiger partial charge in [0.1, 0.15) is 0 Å². The molecule has 0 aromatic heterocycles. The van der Waals surface area contributed by atoms with Crippen molar-refractivity contribution in [1.29, 1.82) is 0 Å². The van der Waals surface area contributed by atoms with Crippen molar-refractivity contribution in [1.82, 2.24) is 5.32 Å². The van der Waals surface area contributed by atoms with Crippen LogP contribution in [0.4, 0.5) is 0 Å². The van der Waals surface area contributed by atoms with E-state index >= 15 is 0 Å². The zero-order valence-electron chi connectivity index (χ0n) is 10.2. The number of hydrogen-bond donors (Lipinski definition) is 1. The Balaban J connectivity index is 1.69. The Morgan fingerprint density at radius 3 is 2.94 bits per heavy atom. The van der Waals surface area contributed by atoms with Crippen LogP contribution in [0.2, 0.25) is 0 Å². The molecular formula is C15H22N. The first kappa shape index (κ1) is 11.7. The maximum Gasteiger partial charge on any atom is 0.0208 e. The van der Waals surface area contributed by atoms with E-state index in [4.69, 9.17) is 0 Å². The van der Waals surface area contributed by atoms with Crippen molar-refractivity contribution < 1.29 is 0 Å². The fourth-order valence-corrected chi connectivity index (χ4v) is 2.66. The lowest BCUT2D eigenvalue weighted by molar-refractivity contribution is 0.404. The van der Waals surface area contributed by atoms with Crippen molar-refractivity contribution in [3.8, 4) is 0 Å². The van der Waals surface area contributed by atoms with E-state index in [1.165, 1.54) is 37.7 Å². The van der Waals surface area contributed by atoms with Crippen LogP contribution < -0.4 is 5.32 Å². The van der Waals surface area contributed by atoms with E-state index in [0.717, 1.165) is 12.5 Å². The van der Waals surface area contributed by atoms with Gasteiger partial charge in [-0.15, -0.1) is 0 Å². The quantitative estimate of drug-likeness (QED) is 0.793. The average Bonchev–Trinajstić information content (AvgIpc) is 2.81. The Hall–Kier alpha value is -0.820. The van der Waals surface area contributed by atoms with Gasteiger partial charge in [0.2, 0.25) is 0 Å². The Kier molecular flexibility index (Phi) is 4.41. The minimum atomic E-state index is 0.642. The van der Waals surface area contributed by atoms with Gasteiger partial charge < -0.3 is 5.32 Å². The fraction of sp³-hybridized carbons (Fsp3) is 0.600. The monoisotopic (exact) mass is 216 g/mol. The van der Waals surface area contributed by atoms with Gasteiger partial charge in [0.25, 0.3) is 0 Å². The van der Waals surface area contributed by atoms with E-state index < -0.39 is 0 Å². The van der Waals surface area contributed by atoms with Gasteiger partial charge in [-0.25, -0.2) is 0 Å². The molecule has 0 spiro atoms. The molecule has 1 aliphatic carbocycles. The molecule has 1 heteroatoms. The lowest BCUT2D eigenvalue weighted by atomic mass is 9.99. The van der Waals surface area contributed by atoms with E-state index in [-0.39, 0.29) is 0 Å². The first-order chi connectivity index (χ1) is 7.84. The molecule has 1 atom stereocenters. The second kappa shape index (κ2) is 6.05. The maximum absolute atomic E-state index is 3.61. The van der Waals surface area contributed by atoms with E-state index in [9.17, 15) is 0 Å². The molecule has 0 saturated heterocycles. The summed E-state index contributed by atoms with van der Waals surface area (Å²) in [5.74, 6) is 0.977. The van der Waals surface area contributed by atoms with E-state index in [2.05, 4.69) is 36.5 Å². The molecule has 0 aliphatic heterocycles. The normalized spacial score (nSPS) is 18.8. The average molecular weight is 216 g/mol. The highest BCUT2D eigenvalue weighted by Crippen LogP contribution is 2.28. The van der Waals surface area contributed by atoms with Crippen molar-refractivity contribution >= 4 is 0 Å². The zero-order valence-corrected chi connectivity index (χ0v) is 10.2. The predicted molar refractivity (Wildman–Crippen MR) is 68.2 cm³/mol. The molecular weight excluding hydrogens is 194 g/mol. The standard InChI is InChI=1S/C15H22N/c1-13(11-14-7-5-6-8-14)16-12-15-9-3-2-4-10-15/h2-3,9-10,13-14,16H,5-8,11-12H2,1H3/t13-/m0/s1. The molecule has 87 valence electrons. The molecule has 0 amide bonds. The van der Waals surface area contributed by atoms with Crippen LogP contribution in [0.1, 0.15) is 44.6 Å². The van der Waals surface area contributed by atoms with Gasteiger partial charge >= 0.3 is 0 Å². The predicted octanol–water partition coefficient (Wildman–Crippen LogP) is 3.55. The lowest BCUT2D eigenvalue weighted by Gasteiger charge is -2.17. The number of benzene rings is 1. The summed E-state index contributed by atoms with van der Waals surface area (Å²) in [6.45, 7) is 3.29. The third kappa shape index (κ3) is 3.64. The highest BCUT2D eigenvalue weighted by Gasteiger charge is 2.17. The molecule has 1 aliphatic rings.